The molecule has 11 nitrogen and oxygen atoms in total. The van der Waals surface area contributed by atoms with E-state index < -0.39 is 24.0 Å². The molecule has 26 heavy (non-hydrogen) atoms. The molecule has 0 aliphatic carbocycles. The topological polar surface area (TPSA) is 136 Å². The molecule has 0 rings (SSSR count). The van der Waals surface area contributed by atoms with Crippen molar-refractivity contribution in [2.24, 2.45) is 5.11 Å². The van der Waals surface area contributed by atoms with Crippen LogP contribution in [0.1, 0.15) is 13.8 Å². The van der Waals surface area contributed by atoms with Gasteiger partial charge in [0.2, 0.25) is 0 Å². The summed E-state index contributed by atoms with van der Waals surface area (Å²) in [6.07, 6.45) is 0. The monoisotopic (exact) mass is 371 g/mol. The number of rotatable bonds is 15. The summed E-state index contributed by atoms with van der Waals surface area (Å²) in [5, 5.41) is 5.73. The summed E-state index contributed by atoms with van der Waals surface area (Å²) in [5.74, 6) is -1.10. The highest BCUT2D eigenvalue weighted by molar-refractivity contribution is 5.88. The highest BCUT2D eigenvalue weighted by atomic mass is 16.6. The van der Waals surface area contributed by atoms with E-state index in [0.717, 1.165) is 0 Å². The molecule has 11 heteroatoms. The fourth-order valence-electron chi connectivity index (χ4n) is 1.47. The first-order chi connectivity index (χ1) is 12.5. The Bertz CT molecular complexity index is 503. The van der Waals surface area contributed by atoms with Crippen LogP contribution in [0, 0.1) is 6.57 Å². The Morgan fingerprint density at radius 3 is 2.12 bits per heavy atom. The standard InChI is InChI=1S/C15H25N5O6/c1-12(17-3)14(21)19-13(2)15(22)26-11-10-25-9-8-24-7-6-23-5-4-18-20-16/h12-13H,4-11H2,1-2H3,(H,19,21)/t12-,13+/m0/s1. The van der Waals surface area contributed by atoms with Crippen LogP contribution in [0.25, 0.3) is 15.3 Å². The van der Waals surface area contributed by atoms with E-state index in [9.17, 15) is 9.59 Å². The van der Waals surface area contributed by atoms with Gasteiger partial charge in [0, 0.05) is 18.4 Å². The van der Waals surface area contributed by atoms with Crippen molar-refractivity contribution in [2.45, 2.75) is 25.9 Å². The fraction of sp³-hybridized carbons (Fsp3) is 0.800. The van der Waals surface area contributed by atoms with Crippen LogP contribution in [0.3, 0.4) is 0 Å². The van der Waals surface area contributed by atoms with Gasteiger partial charge in [-0.25, -0.2) is 11.4 Å². The van der Waals surface area contributed by atoms with Gasteiger partial charge in [-0.05, 0) is 12.5 Å². The quantitative estimate of drug-likeness (QED) is 0.112. The molecule has 0 aromatic rings. The van der Waals surface area contributed by atoms with E-state index in [2.05, 4.69) is 20.2 Å². The number of azide groups is 1. The third kappa shape index (κ3) is 13.0. The summed E-state index contributed by atoms with van der Waals surface area (Å²) < 4.78 is 20.6. The number of carbonyl (C=O) groups excluding carboxylic acids is 2. The van der Waals surface area contributed by atoms with Crippen LogP contribution in [0.2, 0.25) is 0 Å². The lowest BCUT2D eigenvalue weighted by molar-refractivity contribution is -0.148. The first-order valence-corrected chi connectivity index (χ1v) is 8.10. The van der Waals surface area contributed by atoms with Gasteiger partial charge in [-0.15, -0.1) is 0 Å². The van der Waals surface area contributed by atoms with Crippen molar-refractivity contribution in [1.82, 2.24) is 5.32 Å². The number of hydrogen-bond acceptors (Lipinski definition) is 7. The van der Waals surface area contributed by atoms with Crippen molar-refractivity contribution in [3.8, 4) is 0 Å². The number of nitrogens with zero attached hydrogens (tertiary/aromatic N) is 4. The molecule has 146 valence electrons. The number of esters is 1. The molecule has 0 bridgehead atoms. The summed E-state index contributed by atoms with van der Waals surface area (Å²) in [6, 6.07) is -1.67. The maximum Gasteiger partial charge on any atom is 0.328 e. The Morgan fingerprint density at radius 2 is 1.58 bits per heavy atom. The van der Waals surface area contributed by atoms with Gasteiger partial charge in [-0.3, -0.25) is 4.79 Å². The van der Waals surface area contributed by atoms with Gasteiger partial charge < -0.3 is 29.1 Å². The van der Waals surface area contributed by atoms with Crippen LogP contribution in [0.15, 0.2) is 5.11 Å². The van der Waals surface area contributed by atoms with E-state index in [0.29, 0.717) is 39.6 Å². The van der Waals surface area contributed by atoms with E-state index in [1.54, 1.807) is 0 Å². The second-order valence-corrected chi connectivity index (χ2v) is 4.99. The highest BCUT2D eigenvalue weighted by Gasteiger charge is 2.23. The molecule has 2 atom stereocenters. The Morgan fingerprint density at radius 1 is 1.04 bits per heavy atom. The lowest BCUT2D eigenvalue weighted by atomic mass is 10.3. The Hall–Kier alpha value is -2.38. The summed E-state index contributed by atoms with van der Waals surface area (Å²) in [7, 11) is 0. The predicted molar refractivity (Wildman–Crippen MR) is 91.1 cm³/mol. The molecule has 0 radical (unpaired) electrons. The van der Waals surface area contributed by atoms with Crippen LogP contribution in [-0.4, -0.2) is 76.8 Å². The summed E-state index contributed by atoms with van der Waals surface area (Å²) in [5.41, 5.74) is 8.06. The van der Waals surface area contributed by atoms with Gasteiger partial charge >= 0.3 is 11.9 Å². The molecule has 0 saturated carbocycles. The zero-order valence-electron chi connectivity index (χ0n) is 15.0. The van der Waals surface area contributed by atoms with Crippen LogP contribution >= 0.6 is 0 Å². The Balaban J connectivity index is 3.49. The van der Waals surface area contributed by atoms with Crippen molar-refractivity contribution in [1.29, 1.82) is 0 Å². The molecule has 0 aliphatic rings. The van der Waals surface area contributed by atoms with Crippen LogP contribution in [0.4, 0.5) is 0 Å². The van der Waals surface area contributed by atoms with Gasteiger partial charge in [-0.2, -0.15) is 0 Å². The first kappa shape index (κ1) is 23.6. The molecule has 0 spiro atoms. The second kappa shape index (κ2) is 16.1. The molecule has 1 N–H and O–H groups in total. The molecule has 0 saturated heterocycles. The first-order valence-electron chi connectivity index (χ1n) is 8.10. The fourth-order valence-corrected chi connectivity index (χ4v) is 1.47. The maximum absolute atomic E-state index is 11.7. The largest absolute Gasteiger partial charge is 0.462 e. The lowest BCUT2D eigenvalue weighted by Gasteiger charge is -2.13. The Kier molecular flexibility index (Phi) is 14.6. The minimum absolute atomic E-state index is 0.0555. The van der Waals surface area contributed by atoms with E-state index in [1.807, 2.05) is 0 Å². The van der Waals surface area contributed by atoms with E-state index in [1.165, 1.54) is 13.8 Å². The van der Waals surface area contributed by atoms with Crippen molar-refractivity contribution >= 4 is 11.9 Å². The van der Waals surface area contributed by atoms with Gasteiger partial charge in [0.1, 0.15) is 12.6 Å². The SMILES string of the molecule is [C-]#[N+][C@@H](C)C(=O)N[C@H](C)C(=O)OCCOCCOCCOCCN=[N+]=[N-]. The minimum Gasteiger partial charge on any atom is -0.462 e. The van der Waals surface area contributed by atoms with Crippen molar-refractivity contribution in [2.75, 3.05) is 52.8 Å². The van der Waals surface area contributed by atoms with Crippen molar-refractivity contribution < 1.29 is 28.5 Å². The minimum atomic E-state index is -0.843. The molecule has 0 aromatic heterocycles. The van der Waals surface area contributed by atoms with Crippen LogP contribution in [0.5, 0.6) is 0 Å². The normalized spacial score (nSPS) is 12.3. The average Bonchev–Trinajstić information content (AvgIpc) is 2.64. The average molecular weight is 371 g/mol. The summed E-state index contributed by atoms with van der Waals surface area (Å²) in [6.45, 7) is 12.1. The zero-order valence-corrected chi connectivity index (χ0v) is 15.0. The van der Waals surface area contributed by atoms with Crippen LogP contribution in [-0.2, 0) is 28.5 Å². The number of carbonyl (C=O) groups is 2. The zero-order chi connectivity index (χ0) is 19.6. The lowest BCUT2D eigenvalue weighted by Crippen LogP contribution is -2.43. The molecule has 0 fully saturated rings. The smallest absolute Gasteiger partial charge is 0.328 e. The van der Waals surface area contributed by atoms with Gasteiger partial charge in [-0.1, -0.05) is 5.11 Å². The second-order valence-electron chi connectivity index (χ2n) is 4.99. The predicted octanol–water partition coefficient (Wildman–Crippen LogP) is 0.702. The number of ether oxygens (including phenoxy) is 4. The molecule has 0 heterocycles. The Labute approximate surface area is 152 Å². The highest BCUT2D eigenvalue weighted by Crippen LogP contribution is 1.93. The molecular weight excluding hydrogens is 346 g/mol. The third-order valence-electron chi connectivity index (χ3n) is 2.90. The maximum atomic E-state index is 11.7. The van der Waals surface area contributed by atoms with Gasteiger partial charge in [0.25, 0.3) is 6.04 Å². The summed E-state index contributed by atoms with van der Waals surface area (Å²) in [4.78, 5) is 28.8. The molecule has 0 aromatic carbocycles. The number of nitrogens with one attached hydrogen (secondary N) is 1. The number of hydrogen-bond donors (Lipinski definition) is 1. The number of amides is 1. The molecular formula is C15H25N5O6. The van der Waals surface area contributed by atoms with E-state index in [4.69, 9.17) is 31.1 Å². The third-order valence-corrected chi connectivity index (χ3v) is 2.90. The molecule has 1 amide bonds. The van der Waals surface area contributed by atoms with Gasteiger partial charge in [0.15, 0.2) is 0 Å². The molecule has 0 aliphatic heterocycles. The van der Waals surface area contributed by atoms with E-state index in [-0.39, 0.29) is 13.2 Å². The van der Waals surface area contributed by atoms with Crippen molar-refractivity contribution in [3.05, 3.63) is 21.9 Å². The summed E-state index contributed by atoms with van der Waals surface area (Å²) >= 11 is 0. The van der Waals surface area contributed by atoms with E-state index >= 15 is 0 Å². The van der Waals surface area contributed by atoms with Crippen molar-refractivity contribution in [3.63, 3.8) is 0 Å². The van der Waals surface area contributed by atoms with Gasteiger partial charge in [0.05, 0.1) is 39.6 Å². The van der Waals surface area contributed by atoms with Crippen LogP contribution < -0.4 is 5.32 Å². The molecule has 0 unspecified atom stereocenters.